The number of carbonyl (C=O) groups is 1. The Hall–Kier alpha value is -2.18. The minimum absolute atomic E-state index is 0.0182. The number of nitrogens with zero attached hydrogens (tertiary/aromatic N) is 2. The molecule has 0 N–H and O–H groups in total. The van der Waals surface area contributed by atoms with E-state index < -0.39 is 16.7 Å². The van der Waals surface area contributed by atoms with Crippen LogP contribution >= 0.6 is 0 Å². The molecule has 0 aliphatic heterocycles. The smallest absolute Gasteiger partial charge is 0.340 e. The zero-order valence-electron chi connectivity index (χ0n) is 12.6. The van der Waals surface area contributed by atoms with Crippen molar-refractivity contribution < 1.29 is 18.8 Å². The summed E-state index contributed by atoms with van der Waals surface area (Å²) >= 11 is 0. The third-order valence-electron chi connectivity index (χ3n) is 3.44. The molecule has 0 spiro atoms. The number of nitro groups is 1. The molecule has 0 saturated carbocycles. The van der Waals surface area contributed by atoms with E-state index in [1.54, 1.807) is 4.90 Å². The first-order chi connectivity index (χ1) is 9.87. The summed E-state index contributed by atoms with van der Waals surface area (Å²) in [7, 11) is 1.13. The summed E-state index contributed by atoms with van der Waals surface area (Å²) in [4.78, 5) is 23.8. The quantitative estimate of drug-likeness (QED) is 0.458. The van der Waals surface area contributed by atoms with E-state index in [1.807, 2.05) is 20.8 Å². The van der Waals surface area contributed by atoms with Crippen LogP contribution in [-0.2, 0) is 4.74 Å². The van der Waals surface area contributed by atoms with Crippen molar-refractivity contribution >= 4 is 17.3 Å². The number of nitro benzene ring substituents is 1. The topological polar surface area (TPSA) is 72.7 Å². The minimum atomic E-state index is -0.961. The van der Waals surface area contributed by atoms with Gasteiger partial charge in [-0.2, -0.15) is 0 Å². The molecule has 1 atom stereocenters. The van der Waals surface area contributed by atoms with Crippen LogP contribution in [-0.4, -0.2) is 30.6 Å². The summed E-state index contributed by atoms with van der Waals surface area (Å²) < 4.78 is 18.4. The molecule has 0 heterocycles. The van der Waals surface area contributed by atoms with Crippen molar-refractivity contribution in [2.45, 2.75) is 33.2 Å². The summed E-state index contributed by atoms with van der Waals surface area (Å²) in [6, 6.07) is 1.98. The third kappa shape index (κ3) is 3.48. The van der Waals surface area contributed by atoms with Gasteiger partial charge in [-0.25, -0.2) is 9.18 Å². The predicted molar refractivity (Wildman–Crippen MR) is 77.2 cm³/mol. The standard InChI is InChI=1S/C14H19FN2O4/c1-5-9(3)16(6-2)12-7-10(14(18)21-4)11(15)8-13(12)17(19)20/h7-9H,5-6H2,1-4H3. The first kappa shape index (κ1) is 16.9. The number of hydrogen-bond acceptors (Lipinski definition) is 5. The van der Waals surface area contributed by atoms with E-state index in [0.29, 0.717) is 6.54 Å². The largest absolute Gasteiger partial charge is 0.465 e. The highest BCUT2D eigenvalue weighted by molar-refractivity contribution is 5.92. The fourth-order valence-corrected chi connectivity index (χ4v) is 2.13. The van der Waals surface area contributed by atoms with Crippen LogP contribution in [0.1, 0.15) is 37.6 Å². The second-order valence-electron chi connectivity index (χ2n) is 4.61. The molecular formula is C14H19FN2O4. The van der Waals surface area contributed by atoms with Crippen molar-refractivity contribution in [2.75, 3.05) is 18.6 Å². The Morgan fingerprint density at radius 1 is 1.48 bits per heavy atom. The van der Waals surface area contributed by atoms with Gasteiger partial charge in [-0.1, -0.05) is 6.92 Å². The van der Waals surface area contributed by atoms with Crippen molar-refractivity contribution in [2.24, 2.45) is 0 Å². The Labute approximate surface area is 122 Å². The molecule has 116 valence electrons. The first-order valence-electron chi connectivity index (χ1n) is 6.70. The van der Waals surface area contributed by atoms with Gasteiger partial charge in [0.15, 0.2) is 0 Å². The number of benzene rings is 1. The average molecular weight is 298 g/mol. The number of halogens is 1. The predicted octanol–water partition coefficient (Wildman–Crippen LogP) is 3.15. The maximum absolute atomic E-state index is 13.9. The first-order valence-corrected chi connectivity index (χ1v) is 6.70. The van der Waals surface area contributed by atoms with Gasteiger partial charge in [-0.15, -0.1) is 0 Å². The van der Waals surface area contributed by atoms with E-state index in [0.717, 1.165) is 19.6 Å². The van der Waals surface area contributed by atoms with Gasteiger partial charge in [-0.05, 0) is 26.3 Å². The monoisotopic (exact) mass is 298 g/mol. The van der Waals surface area contributed by atoms with Crippen LogP contribution in [0.2, 0.25) is 0 Å². The third-order valence-corrected chi connectivity index (χ3v) is 3.44. The molecule has 0 aliphatic carbocycles. The van der Waals surface area contributed by atoms with Crippen LogP contribution in [0.25, 0.3) is 0 Å². The maximum atomic E-state index is 13.9. The average Bonchev–Trinajstić information content (AvgIpc) is 2.47. The van der Waals surface area contributed by atoms with E-state index in [4.69, 9.17) is 0 Å². The van der Waals surface area contributed by atoms with Gasteiger partial charge >= 0.3 is 5.97 Å². The summed E-state index contributed by atoms with van der Waals surface area (Å²) in [6.45, 7) is 6.21. The fraction of sp³-hybridized carbons (Fsp3) is 0.500. The second kappa shape index (κ2) is 7.01. The minimum Gasteiger partial charge on any atom is -0.465 e. The highest BCUT2D eigenvalue weighted by atomic mass is 19.1. The summed E-state index contributed by atoms with van der Waals surface area (Å²) in [5.41, 5.74) is -0.444. The van der Waals surface area contributed by atoms with Gasteiger partial charge in [0, 0.05) is 12.6 Å². The highest BCUT2D eigenvalue weighted by Crippen LogP contribution is 2.33. The van der Waals surface area contributed by atoms with Crippen LogP contribution in [0.4, 0.5) is 15.8 Å². The molecule has 0 amide bonds. The number of anilines is 1. The van der Waals surface area contributed by atoms with E-state index in [1.165, 1.54) is 6.07 Å². The van der Waals surface area contributed by atoms with E-state index >= 15 is 0 Å². The van der Waals surface area contributed by atoms with Crippen molar-refractivity contribution in [1.29, 1.82) is 0 Å². The number of carbonyl (C=O) groups excluding carboxylic acids is 1. The Kier molecular flexibility index (Phi) is 5.63. The van der Waals surface area contributed by atoms with Gasteiger partial charge in [0.2, 0.25) is 0 Å². The molecule has 0 fully saturated rings. The van der Waals surface area contributed by atoms with Gasteiger partial charge < -0.3 is 9.64 Å². The van der Waals surface area contributed by atoms with Crippen LogP contribution in [0.15, 0.2) is 12.1 Å². The fourth-order valence-electron chi connectivity index (χ4n) is 2.13. The van der Waals surface area contributed by atoms with Gasteiger partial charge in [0.25, 0.3) is 5.69 Å². The molecule has 0 bridgehead atoms. The summed E-state index contributed by atoms with van der Waals surface area (Å²) in [5, 5.41) is 11.2. The Morgan fingerprint density at radius 2 is 2.10 bits per heavy atom. The van der Waals surface area contributed by atoms with Crippen LogP contribution in [0.3, 0.4) is 0 Å². The lowest BCUT2D eigenvalue weighted by Crippen LogP contribution is -2.33. The Bertz CT molecular complexity index is 548. The molecule has 1 unspecified atom stereocenters. The zero-order valence-corrected chi connectivity index (χ0v) is 12.6. The van der Waals surface area contributed by atoms with Crippen molar-refractivity contribution in [3.8, 4) is 0 Å². The lowest BCUT2D eigenvalue weighted by atomic mass is 10.1. The van der Waals surface area contributed by atoms with Crippen molar-refractivity contribution in [1.82, 2.24) is 0 Å². The van der Waals surface area contributed by atoms with Gasteiger partial charge in [0.05, 0.1) is 23.7 Å². The van der Waals surface area contributed by atoms with Gasteiger partial charge in [0.1, 0.15) is 11.5 Å². The van der Waals surface area contributed by atoms with E-state index in [-0.39, 0.29) is 23.0 Å². The number of methoxy groups -OCH3 is 1. The zero-order chi connectivity index (χ0) is 16.2. The molecule has 0 saturated heterocycles. The molecule has 1 rings (SSSR count). The molecule has 0 radical (unpaired) electrons. The number of ether oxygens (including phenoxy) is 1. The summed E-state index contributed by atoms with van der Waals surface area (Å²) in [5.74, 6) is -1.82. The number of rotatable bonds is 6. The molecule has 6 nitrogen and oxygen atoms in total. The second-order valence-corrected chi connectivity index (χ2v) is 4.61. The molecule has 7 heteroatoms. The van der Waals surface area contributed by atoms with Crippen molar-refractivity contribution in [3.63, 3.8) is 0 Å². The molecule has 21 heavy (non-hydrogen) atoms. The van der Waals surface area contributed by atoms with Crippen LogP contribution in [0.5, 0.6) is 0 Å². The lowest BCUT2D eigenvalue weighted by Gasteiger charge is -2.29. The molecule has 1 aromatic carbocycles. The van der Waals surface area contributed by atoms with E-state index in [2.05, 4.69) is 4.74 Å². The molecular weight excluding hydrogens is 279 g/mol. The lowest BCUT2D eigenvalue weighted by molar-refractivity contribution is -0.384. The van der Waals surface area contributed by atoms with Crippen LogP contribution in [0, 0.1) is 15.9 Å². The number of hydrogen-bond donors (Lipinski definition) is 0. The molecule has 1 aromatic rings. The van der Waals surface area contributed by atoms with Crippen LogP contribution < -0.4 is 4.90 Å². The van der Waals surface area contributed by atoms with Crippen molar-refractivity contribution in [3.05, 3.63) is 33.6 Å². The highest BCUT2D eigenvalue weighted by Gasteiger charge is 2.26. The maximum Gasteiger partial charge on any atom is 0.340 e. The molecule has 0 aliphatic rings. The molecule has 0 aromatic heterocycles. The Balaban J connectivity index is 3.51. The number of esters is 1. The SMILES string of the molecule is CCC(C)N(CC)c1cc(C(=O)OC)c(F)cc1[N+](=O)[O-]. The van der Waals surface area contributed by atoms with E-state index in [9.17, 15) is 19.3 Å². The summed E-state index contributed by atoms with van der Waals surface area (Å²) in [6.07, 6.45) is 0.760. The normalized spacial score (nSPS) is 11.9. The Morgan fingerprint density at radius 3 is 2.52 bits per heavy atom. The van der Waals surface area contributed by atoms with Gasteiger partial charge in [-0.3, -0.25) is 10.1 Å².